The van der Waals surface area contributed by atoms with Crippen LogP contribution in [0.3, 0.4) is 0 Å². The number of rotatable bonds is 5. The zero-order chi connectivity index (χ0) is 19.4. The fourth-order valence-corrected chi connectivity index (χ4v) is 3.90. The predicted molar refractivity (Wildman–Crippen MR) is 103 cm³/mol. The molecule has 5 heteroatoms. The number of fused-ring (bicyclic) bond motifs is 1. The molecule has 0 saturated heterocycles. The van der Waals surface area contributed by atoms with Crippen molar-refractivity contribution >= 4 is 11.8 Å². The average molecular weight is 366 g/mol. The first-order chi connectivity index (χ1) is 12.9. The van der Waals surface area contributed by atoms with E-state index in [-0.39, 0.29) is 11.3 Å². The zero-order valence-corrected chi connectivity index (χ0v) is 15.9. The van der Waals surface area contributed by atoms with E-state index in [0.717, 1.165) is 30.4 Å². The molecule has 0 radical (unpaired) electrons. The zero-order valence-electron chi connectivity index (χ0n) is 15.9. The maximum Gasteiger partial charge on any atom is 0.274 e. The molecular formula is C22H26N2O3. The van der Waals surface area contributed by atoms with E-state index in [9.17, 15) is 9.59 Å². The van der Waals surface area contributed by atoms with Crippen molar-refractivity contribution in [1.82, 2.24) is 10.4 Å². The molecule has 1 atom stereocenters. The number of hydrogen-bond acceptors (Lipinski definition) is 3. The molecular weight excluding hydrogens is 340 g/mol. The fourth-order valence-electron chi connectivity index (χ4n) is 3.90. The van der Waals surface area contributed by atoms with E-state index in [0.29, 0.717) is 18.7 Å². The van der Waals surface area contributed by atoms with Crippen LogP contribution in [0.15, 0.2) is 48.5 Å². The van der Waals surface area contributed by atoms with Crippen molar-refractivity contribution in [2.75, 3.05) is 6.54 Å². The molecule has 2 aromatic carbocycles. The molecule has 0 fully saturated rings. The maximum atomic E-state index is 12.2. The summed E-state index contributed by atoms with van der Waals surface area (Å²) in [6.07, 6.45) is 2.67. The van der Waals surface area contributed by atoms with E-state index in [1.807, 2.05) is 47.4 Å². The minimum Gasteiger partial charge on any atom is -0.338 e. The van der Waals surface area contributed by atoms with Gasteiger partial charge in [-0.1, -0.05) is 43.3 Å². The molecule has 2 amide bonds. The lowest BCUT2D eigenvalue weighted by Gasteiger charge is -2.39. The lowest BCUT2D eigenvalue weighted by atomic mass is 9.72. The van der Waals surface area contributed by atoms with Crippen molar-refractivity contribution in [1.29, 1.82) is 0 Å². The van der Waals surface area contributed by atoms with Gasteiger partial charge in [-0.3, -0.25) is 14.8 Å². The lowest BCUT2D eigenvalue weighted by Crippen LogP contribution is -2.41. The second-order valence-corrected chi connectivity index (χ2v) is 7.77. The first-order valence-corrected chi connectivity index (χ1v) is 9.26. The number of aryl methyl sites for hydroxylation is 1. The first-order valence-electron chi connectivity index (χ1n) is 9.26. The normalized spacial score (nSPS) is 18.5. The van der Waals surface area contributed by atoms with Crippen molar-refractivity contribution in [2.45, 2.75) is 39.7 Å². The summed E-state index contributed by atoms with van der Waals surface area (Å²) in [4.78, 5) is 25.8. The largest absolute Gasteiger partial charge is 0.338 e. The second-order valence-electron chi connectivity index (χ2n) is 7.77. The second kappa shape index (κ2) is 7.92. The van der Waals surface area contributed by atoms with Gasteiger partial charge < -0.3 is 4.90 Å². The highest BCUT2D eigenvalue weighted by atomic mass is 16.5. The summed E-state index contributed by atoms with van der Waals surface area (Å²) in [6.45, 7) is 5.18. The summed E-state index contributed by atoms with van der Waals surface area (Å²) in [5.41, 5.74) is 5.63. The summed E-state index contributed by atoms with van der Waals surface area (Å²) < 4.78 is 0. The molecule has 0 aromatic heterocycles. The van der Waals surface area contributed by atoms with Crippen LogP contribution in [0.25, 0.3) is 0 Å². The molecule has 0 aliphatic heterocycles. The van der Waals surface area contributed by atoms with Crippen LogP contribution < -0.4 is 5.48 Å². The van der Waals surface area contributed by atoms with Crippen LogP contribution in [0.4, 0.5) is 0 Å². The SMILES string of the molecule is CC(=O)N(Cc1ccccc1)CC1(C)CCc2cc(C(=O)NO)ccc2C1. The van der Waals surface area contributed by atoms with E-state index in [1.54, 1.807) is 18.5 Å². The van der Waals surface area contributed by atoms with Crippen molar-refractivity contribution < 1.29 is 14.8 Å². The Balaban J connectivity index is 1.75. The molecule has 0 heterocycles. The monoisotopic (exact) mass is 366 g/mol. The van der Waals surface area contributed by atoms with Gasteiger partial charge in [0.15, 0.2) is 0 Å². The number of hydrogen-bond donors (Lipinski definition) is 2. The van der Waals surface area contributed by atoms with Gasteiger partial charge in [0.25, 0.3) is 5.91 Å². The van der Waals surface area contributed by atoms with Crippen LogP contribution in [0.1, 0.15) is 47.3 Å². The Labute approximate surface area is 160 Å². The Morgan fingerprint density at radius 1 is 1.15 bits per heavy atom. The van der Waals surface area contributed by atoms with E-state index in [2.05, 4.69) is 6.92 Å². The Morgan fingerprint density at radius 3 is 2.56 bits per heavy atom. The molecule has 0 spiro atoms. The molecule has 3 rings (SSSR count). The topological polar surface area (TPSA) is 69.6 Å². The van der Waals surface area contributed by atoms with Gasteiger partial charge in [-0.2, -0.15) is 0 Å². The van der Waals surface area contributed by atoms with Crippen LogP contribution in [0.5, 0.6) is 0 Å². The number of nitrogens with one attached hydrogen (secondary N) is 1. The van der Waals surface area contributed by atoms with Gasteiger partial charge >= 0.3 is 0 Å². The Bertz CT molecular complexity index is 835. The first kappa shape index (κ1) is 19.1. The molecule has 5 nitrogen and oxygen atoms in total. The summed E-state index contributed by atoms with van der Waals surface area (Å²) in [7, 11) is 0. The Morgan fingerprint density at radius 2 is 1.89 bits per heavy atom. The number of hydroxylamine groups is 1. The highest BCUT2D eigenvalue weighted by Gasteiger charge is 2.33. The molecule has 1 aliphatic carbocycles. The van der Waals surface area contributed by atoms with Crippen molar-refractivity contribution in [2.24, 2.45) is 5.41 Å². The van der Waals surface area contributed by atoms with Crippen LogP contribution in [0, 0.1) is 5.41 Å². The van der Waals surface area contributed by atoms with E-state index < -0.39 is 5.91 Å². The van der Waals surface area contributed by atoms with Gasteiger partial charge in [0, 0.05) is 25.6 Å². The van der Waals surface area contributed by atoms with Crippen LogP contribution in [-0.2, 0) is 24.2 Å². The maximum absolute atomic E-state index is 12.2. The quantitative estimate of drug-likeness (QED) is 0.630. The molecule has 27 heavy (non-hydrogen) atoms. The molecule has 2 N–H and O–H groups in total. The third-order valence-corrected chi connectivity index (χ3v) is 5.42. The highest BCUT2D eigenvalue weighted by molar-refractivity contribution is 5.93. The fraction of sp³-hybridized carbons (Fsp3) is 0.364. The van der Waals surface area contributed by atoms with Crippen molar-refractivity contribution in [3.05, 3.63) is 70.8 Å². The van der Waals surface area contributed by atoms with Crippen molar-refractivity contribution in [3.8, 4) is 0 Å². The lowest BCUT2D eigenvalue weighted by molar-refractivity contribution is -0.131. The smallest absolute Gasteiger partial charge is 0.274 e. The van der Waals surface area contributed by atoms with E-state index >= 15 is 0 Å². The van der Waals surface area contributed by atoms with E-state index in [4.69, 9.17) is 5.21 Å². The van der Waals surface area contributed by atoms with Gasteiger partial charge in [0.05, 0.1) is 0 Å². The van der Waals surface area contributed by atoms with E-state index in [1.165, 1.54) is 5.56 Å². The molecule has 0 saturated carbocycles. The summed E-state index contributed by atoms with van der Waals surface area (Å²) in [5.74, 6) is -0.405. The molecule has 1 unspecified atom stereocenters. The van der Waals surface area contributed by atoms with Crippen LogP contribution in [0.2, 0.25) is 0 Å². The minimum absolute atomic E-state index is 0.00575. The van der Waals surface area contributed by atoms with Crippen molar-refractivity contribution in [3.63, 3.8) is 0 Å². The third-order valence-electron chi connectivity index (χ3n) is 5.42. The predicted octanol–water partition coefficient (Wildman–Crippen LogP) is 3.35. The van der Waals surface area contributed by atoms with Gasteiger partial charge in [0.2, 0.25) is 5.91 Å². The standard InChI is InChI=1S/C22H26N2O3/c1-16(25)24(14-17-6-4-3-5-7-17)15-22(2)11-10-18-12-19(21(26)23-27)8-9-20(18)13-22/h3-9,12,27H,10-11,13-15H2,1-2H3,(H,23,26). The third kappa shape index (κ3) is 4.55. The summed E-state index contributed by atoms with van der Waals surface area (Å²) >= 11 is 0. The molecule has 1 aliphatic rings. The van der Waals surface area contributed by atoms with Crippen LogP contribution >= 0.6 is 0 Å². The van der Waals surface area contributed by atoms with Gasteiger partial charge in [-0.25, -0.2) is 5.48 Å². The molecule has 142 valence electrons. The number of carbonyl (C=O) groups excluding carboxylic acids is 2. The van der Waals surface area contributed by atoms with Gasteiger partial charge in [-0.15, -0.1) is 0 Å². The highest BCUT2D eigenvalue weighted by Crippen LogP contribution is 2.36. The number of nitrogens with zero attached hydrogens (tertiary/aromatic N) is 1. The Hall–Kier alpha value is -2.66. The number of carbonyl (C=O) groups is 2. The molecule has 2 aromatic rings. The van der Waals surface area contributed by atoms with Crippen LogP contribution in [-0.4, -0.2) is 28.5 Å². The van der Waals surface area contributed by atoms with Gasteiger partial charge in [0.1, 0.15) is 0 Å². The number of benzene rings is 2. The average Bonchev–Trinajstić information content (AvgIpc) is 2.67. The number of amides is 2. The Kier molecular flexibility index (Phi) is 5.61. The summed E-state index contributed by atoms with van der Waals surface area (Å²) in [5, 5.41) is 8.81. The molecule has 0 bridgehead atoms. The van der Waals surface area contributed by atoms with Gasteiger partial charge in [-0.05, 0) is 53.5 Å². The summed E-state index contributed by atoms with van der Waals surface area (Å²) in [6, 6.07) is 15.6. The minimum atomic E-state index is -0.489.